The van der Waals surface area contributed by atoms with E-state index in [1.54, 1.807) is 21.8 Å². The number of hydrogen-bond acceptors (Lipinski definition) is 4. The number of rotatable bonds is 6. The van der Waals surface area contributed by atoms with Crippen LogP contribution in [-0.2, 0) is 9.59 Å². The van der Waals surface area contributed by atoms with Gasteiger partial charge < -0.3 is 24.4 Å². The molecule has 8 heteroatoms. The molecule has 1 N–H and O–H groups in total. The second-order valence-corrected chi connectivity index (χ2v) is 9.64. The van der Waals surface area contributed by atoms with E-state index in [1.165, 1.54) is 0 Å². The number of carbonyl (C=O) groups excluding carboxylic acids is 3. The molecule has 1 atom stereocenters. The van der Waals surface area contributed by atoms with Gasteiger partial charge in [0.25, 0.3) is 5.91 Å². The fraction of sp³-hybridized carbons (Fsp3) is 0.233. The van der Waals surface area contributed by atoms with Crippen molar-refractivity contribution in [1.29, 1.82) is 0 Å². The Bertz CT molecular complexity index is 1540. The van der Waals surface area contributed by atoms with Crippen LogP contribution in [0, 0.1) is 0 Å². The Morgan fingerprint density at radius 1 is 1.00 bits per heavy atom. The lowest BCUT2D eigenvalue weighted by molar-refractivity contribution is -0.135. The summed E-state index contributed by atoms with van der Waals surface area (Å²) in [6, 6.07) is 23.0. The number of para-hydroxylation sites is 1. The Morgan fingerprint density at radius 3 is 2.55 bits per heavy atom. The Kier molecular flexibility index (Phi) is 6.07. The van der Waals surface area contributed by atoms with E-state index in [4.69, 9.17) is 4.74 Å². The van der Waals surface area contributed by atoms with Gasteiger partial charge in [-0.3, -0.25) is 14.4 Å². The van der Waals surface area contributed by atoms with E-state index in [0.29, 0.717) is 31.7 Å². The monoisotopic (exact) mass is 508 g/mol. The minimum Gasteiger partial charge on any atom is -0.497 e. The summed E-state index contributed by atoms with van der Waals surface area (Å²) >= 11 is 0. The lowest BCUT2D eigenvalue weighted by Gasteiger charge is -2.34. The van der Waals surface area contributed by atoms with Gasteiger partial charge >= 0.3 is 0 Å². The van der Waals surface area contributed by atoms with Gasteiger partial charge in [0, 0.05) is 53.8 Å². The van der Waals surface area contributed by atoms with Crippen LogP contribution < -0.4 is 4.74 Å². The summed E-state index contributed by atoms with van der Waals surface area (Å²) < 4.78 is 5.49. The van der Waals surface area contributed by atoms with E-state index in [1.807, 2.05) is 66.7 Å². The van der Waals surface area contributed by atoms with Crippen LogP contribution in [0.3, 0.4) is 0 Å². The number of fused-ring (bicyclic) bond motifs is 2. The van der Waals surface area contributed by atoms with E-state index in [0.717, 1.165) is 45.4 Å². The maximum Gasteiger partial charge on any atom is 0.255 e. The van der Waals surface area contributed by atoms with Gasteiger partial charge in [0.05, 0.1) is 18.8 Å². The first-order valence-electron chi connectivity index (χ1n) is 12.7. The first kappa shape index (κ1) is 23.8. The second-order valence-electron chi connectivity index (χ2n) is 9.64. The Hall–Kier alpha value is -4.59. The minimum atomic E-state index is -0.448. The summed E-state index contributed by atoms with van der Waals surface area (Å²) in [6.45, 7) is 1.86. The molecule has 1 saturated heterocycles. The number of nitrogens with zero attached hydrogens (tertiary/aromatic N) is 3. The topological polar surface area (TPSA) is 85.9 Å². The molecule has 0 saturated carbocycles. The standard InChI is InChI=1S/C30H28N4O4/c1-38-21-8-6-7-20(17-21)28-27(24-11-4-5-12-25(24)31-28)29-22-9-2-3-10-23(22)30(37)34(29)18-26(36)33-15-13-32(19-35)14-16-33/h2-12,17,19,29,31H,13-16,18H2,1H3/t29-/m1/s1. The maximum absolute atomic E-state index is 13.8. The van der Waals surface area contributed by atoms with Crippen LogP contribution in [0.4, 0.5) is 0 Å². The van der Waals surface area contributed by atoms with Crippen molar-refractivity contribution in [2.45, 2.75) is 6.04 Å². The number of benzene rings is 3. The fourth-order valence-electron chi connectivity index (χ4n) is 5.62. The molecule has 38 heavy (non-hydrogen) atoms. The van der Waals surface area contributed by atoms with Gasteiger partial charge in [0.15, 0.2) is 0 Å². The van der Waals surface area contributed by atoms with Gasteiger partial charge in [0.2, 0.25) is 12.3 Å². The zero-order chi connectivity index (χ0) is 26.2. The normalized spacial score (nSPS) is 17.1. The average molecular weight is 509 g/mol. The van der Waals surface area contributed by atoms with Gasteiger partial charge in [-0.05, 0) is 29.8 Å². The van der Waals surface area contributed by atoms with Crippen LogP contribution in [0.25, 0.3) is 22.2 Å². The molecule has 3 amide bonds. The van der Waals surface area contributed by atoms with Gasteiger partial charge in [-0.1, -0.05) is 48.5 Å². The summed E-state index contributed by atoms with van der Waals surface area (Å²) in [6.07, 6.45) is 0.815. The summed E-state index contributed by atoms with van der Waals surface area (Å²) in [7, 11) is 1.64. The lowest BCUT2D eigenvalue weighted by Crippen LogP contribution is -2.51. The summed E-state index contributed by atoms with van der Waals surface area (Å²) in [5, 5.41) is 0.997. The van der Waals surface area contributed by atoms with Crippen molar-refractivity contribution < 1.29 is 19.1 Å². The predicted molar refractivity (Wildman–Crippen MR) is 144 cm³/mol. The van der Waals surface area contributed by atoms with Gasteiger partial charge in [-0.2, -0.15) is 0 Å². The minimum absolute atomic E-state index is 0.0453. The van der Waals surface area contributed by atoms with Gasteiger partial charge in [-0.15, -0.1) is 0 Å². The number of nitrogens with one attached hydrogen (secondary N) is 1. The molecule has 0 radical (unpaired) electrons. The Balaban J connectivity index is 1.46. The molecule has 3 aromatic carbocycles. The molecule has 0 unspecified atom stereocenters. The Labute approximate surface area is 220 Å². The average Bonchev–Trinajstić information content (AvgIpc) is 3.48. The first-order chi connectivity index (χ1) is 18.6. The smallest absolute Gasteiger partial charge is 0.255 e. The molecule has 4 aromatic rings. The van der Waals surface area contributed by atoms with E-state index >= 15 is 0 Å². The molecule has 0 bridgehead atoms. The highest BCUT2D eigenvalue weighted by Gasteiger charge is 2.41. The second kappa shape index (κ2) is 9.70. The van der Waals surface area contributed by atoms with Crippen LogP contribution >= 0.6 is 0 Å². The number of methoxy groups -OCH3 is 1. The summed E-state index contributed by atoms with van der Waals surface area (Å²) in [5.74, 6) is 0.452. The van der Waals surface area contributed by atoms with Crippen molar-refractivity contribution in [3.8, 4) is 17.0 Å². The van der Waals surface area contributed by atoms with Crippen molar-refractivity contribution in [1.82, 2.24) is 19.7 Å². The molecular weight excluding hydrogens is 480 g/mol. The highest BCUT2D eigenvalue weighted by Crippen LogP contribution is 2.45. The Morgan fingerprint density at radius 2 is 1.76 bits per heavy atom. The zero-order valence-corrected chi connectivity index (χ0v) is 21.1. The third kappa shape index (κ3) is 3.98. The highest BCUT2D eigenvalue weighted by molar-refractivity contribution is 6.03. The summed E-state index contributed by atoms with van der Waals surface area (Å²) in [4.78, 5) is 47.0. The molecule has 8 nitrogen and oxygen atoms in total. The molecule has 0 spiro atoms. The molecule has 2 aliphatic rings. The number of aromatic amines is 1. The van der Waals surface area contributed by atoms with Crippen LogP contribution in [-0.4, -0.2) is 77.7 Å². The number of hydrogen-bond donors (Lipinski definition) is 1. The summed E-state index contributed by atoms with van der Waals surface area (Å²) in [5.41, 5.74) is 5.21. The molecule has 3 heterocycles. The van der Waals surface area contributed by atoms with Crippen LogP contribution in [0.15, 0.2) is 72.8 Å². The van der Waals surface area contributed by atoms with Crippen LogP contribution in [0.2, 0.25) is 0 Å². The fourth-order valence-corrected chi connectivity index (χ4v) is 5.62. The number of piperazine rings is 1. The van der Waals surface area contributed by atoms with Crippen molar-refractivity contribution in [2.75, 3.05) is 39.8 Å². The molecule has 0 aliphatic carbocycles. The number of H-pyrrole nitrogens is 1. The quantitative estimate of drug-likeness (QED) is 0.403. The van der Waals surface area contributed by atoms with Crippen molar-refractivity contribution in [3.05, 3.63) is 89.5 Å². The third-order valence-electron chi connectivity index (χ3n) is 7.56. The molecule has 1 fully saturated rings. The van der Waals surface area contributed by atoms with Crippen LogP contribution in [0.5, 0.6) is 5.75 Å². The van der Waals surface area contributed by atoms with Gasteiger partial charge in [-0.25, -0.2) is 0 Å². The molecule has 6 rings (SSSR count). The van der Waals surface area contributed by atoms with Crippen molar-refractivity contribution in [2.24, 2.45) is 0 Å². The number of amides is 3. The van der Waals surface area contributed by atoms with E-state index < -0.39 is 6.04 Å². The maximum atomic E-state index is 13.8. The highest BCUT2D eigenvalue weighted by atomic mass is 16.5. The predicted octanol–water partition coefficient (Wildman–Crippen LogP) is 3.69. The first-order valence-corrected chi connectivity index (χ1v) is 12.7. The molecular formula is C30H28N4O4. The van der Waals surface area contributed by atoms with E-state index in [2.05, 4.69) is 11.1 Å². The molecule has 192 valence electrons. The van der Waals surface area contributed by atoms with Crippen molar-refractivity contribution in [3.63, 3.8) is 0 Å². The number of carbonyl (C=O) groups is 3. The van der Waals surface area contributed by atoms with Crippen molar-refractivity contribution >= 4 is 29.1 Å². The van der Waals surface area contributed by atoms with Gasteiger partial charge in [0.1, 0.15) is 12.3 Å². The largest absolute Gasteiger partial charge is 0.497 e. The molecule has 1 aromatic heterocycles. The SMILES string of the molecule is COc1cccc(-c2[nH]c3ccccc3c2[C@H]2c3ccccc3C(=O)N2CC(=O)N2CCN(C=O)CC2)c1. The third-order valence-corrected chi connectivity index (χ3v) is 7.56. The number of ether oxygens (including phenoxy) is 1. The zero-order valence-electron chi connectivity index (χ0n) is 21.1. The van der Waals surface area contributed by atoms with E-state index in [-0.39, 0.29) is 18.4 Å². The van der Waals surface area contributed by atoms with E-state index in [9.17, 15) is 14.4 Å². The van der Waals surface area contributed by atoms with Crippen LogP contribution in [0.1, 0.15) is 27.5 Å². The lowest BCUT2D eigenvalue weighted by atomic mass is 9.93. The number of aromatic nitrogens is 1. The molecule has 2 aliphatic heterocycles.